The third kappa shape index (κ3) is 52.6. The zero-order chi connectivity index (χ0) is 47.9. The number of carbonyl (C=O) groups is 3. The van der Waals surface area contributed by atoms with Gasteiger partial charge in [-0.1, -0.05) is 269 Å². The minimum absolute atomic E-state index is 0.0826. The Hall–Kier alpha value is -2.37. The normalized spacial score (nSPS) is 12.2. The van der Waals surface area contributed by atoms with E-state index in [1.165, 1.54) is 199 Å². The lowest BCUT2D eigenvalue weighted by atomic mass is 10.0. The number of esters is 3. The van der Waals surface area contributed by atoms with Crippen LogP contribution in [0.2, 0.25) is 0 Å². The van der Waals surface area contributed by atoms with E-state index < -0.39 is 6.10 Å². The molecule has 0 heterocycles. The monoisotopic (exact) mass is 927 g/mol. The van der Waals surface area contributed by atoms with E-state index in [0.717, 1.165) is 64.2 Å². The van der Waals surface area contributed by atoms with Gasteiger partial charge in [0.2, 0.25) is 0 Å². The average molecular weight is 928 g/mol. The molecule has 66 heavy (non-hydrogen) atoms. The van der Waals surface area contributed by atoms with Crippen LogP contribution in [-0.4, -0.2) is 37.2 Å². The molecule has 6 heteroatoms. The van der Waals surface area contributed by atoms with Crippen LogP contribution in [0.15, 0.2) is 36.5 Å². The Balaban J connectivity index is 4.35. The van der Waals surface area contributed by atoms with Gasteiger partial charge in [-0.15, -0.1) is 0 Å². The van der Waals surface area contributed by atoms with Crippen LogP contribution in [-0.2, 0) is 28.6 Å². The number of ether oxygens (including phenoxy) is 3. The smallest absolute Gasteiger partial charge is 0.306 e. The summed E-state index contributed by atoms with van der Waals surface area (Å²) in [5.41, 5.74) is 0. The SMILES string of the molecule is CCCCC/C=C\C/C=C\C/C=C\CCCCC(=O)O[C@H](COC(=O)CCCCCCCCCCCCCCCC)COC(=O)CCCCCCCCCCCCCCCCCCCCC. The summed E-state index contributed by atoms with van der Waals surface area (Å²) in [6.07, 6.45) is 65.7. The van der Waals surface area contributed by atoms with Crippen molar-refractivity contribution in [3.05, 3.63) is 36.5 Å². The lowest BCUT2D eigenvalue weighted by Gasteiger charge is -2.18. The van der Waals surface area contributed by atoms with Gasteiger partial charge >= 0.3 is 17.9 Å². The Morgan fingerprint density at radius 1 is 0.303 bits per heavy atom. The van der Waals surface area contributed by atoms with Gasteiger partial charge in [-0.25, -0.2) is 0 Å². The Morgan fingerprint density at radius 2 is 0.545 bits per heavy atom. The van der Waals surface area contributed by atoms with E-state index in [4.69, 9.17) is 14.2 Å². The predicted octanol–water partition coefficient (Wildman–Crippen LogP) is 19.3. The van der Waals surface area contributed by atoms with Crippen molar-refractivity contribution in [2.45, 2.75) is 316 Å². The van der Waals surface area contributed by atoms with Crippen LogP contribution in [0.4, 0.5) is 0 Å². The van der Waals surface area contributed by atoms with E-state index >= 15 is 0 Å². The molecule has 0 amide bonds. The molecule has 0 bridgehead atoms. The molecule has 0 rings (SSSR count). The summed E-state index contributed by atoms with van der Waals surface area (Å²) in [4.78, 5) is 38.1. The Labute approximate surface area is 410 Å². The molecule has 0 radical (unpaired) electrons. The van der Waals surface area contributed by atoms with Gasteiger partial charge in [0.15, 0.2) is 6.10 Å². The van der Waals surface area contributed by atoms with Gasteiger partial charge in [-0.2, -0.15) is 0 Å². The van der Waals surface area contributed by atoms with E-state index in [1.54, 1.807) is 0 Å². The first-order valence-electron chi connectivity index (χ1n) is 29.0. The van der Waals surface area contributed by atoms with Gasteiger partial charge in [-0.05, 0) is 57.8 Å². The summed E-state index contributed by atoms with van der Waals surface area (Å²) in [7, 11) is 0. The molecule has 0 aliphatic rings. The summed E-state index contributed by atoms with van der Waals surface area (Å²) in [6, 6.07) is 0. The summed E-state index contributed by atoms with van der Waals surface area (Å²) in [6.45, 7) is 6.62. The minimum Gasteiger partial charge on any atom is -0.462 e. The van der Waals surface area contributed by atoms with Crippen molar-refractivity contribution in [3.63, 3.8) is 0 Å². The highest BCUT2D eigenvalue weighted by Gasteiger charge is 2.19. The van der Waals surface area contributed by atoms with Gasteiger partial charge in [0.05, 0.1) is 0 Å². The molecule has 0 aromatic carbocycles. The van der Waals surface area contributed by atoms with E-state index in [-0.39, 0.29) is 37.5 Å². The summed E-state index contributed by atoms with van der Waals surface area (Å²) in [5.74, 6) is -0.902. The quantitative estimate of drug-likeness (QED) is 0.0262. The molecule has 0 aliphatic heterocycles. The number of rotatable bonds is 53. The van der Waals surface area contributed by atoms with Crippen molar-refractivity contribution in [1.82, 2.24) is 0 Å². The van der Waals surface area contributed by atoms with Gasteiger partial charge < -0.3 is 14.2 Å². The molecule has 0 aromatic rings. The average Bonchev–Trinajstić information content (AvgIpc) is 3.31. The second-order valence-corrected chi connectivity index (χ2v) is 19.6. The molecule has 0 aliphatic carbocycles. The Morgan fingerprint density at radius 3 is 0.879 bits per heavy atom. The number of allylic oxidation sites excluding steroid dienone is 6. The molecule has 0 saturated carbocycles. The van der Waals surface area contributed by atoms with Crippen molar-refractivity contribution in [2.24, 2.45) is 0 Å². The maximum absolute atomic E-state index is 12.8. The van der Waals surface area contributed by atoms with Gasteiger partial charge in [0, 0.05) is 19.3 Å². The topological polar surface area (TPSA) is 78.9 Å². The first-order chi connectivity index (χ1) is 32.5. The molecule has 0 aromatic heterocycles. The van der Waals surface area contributed by atoms with E-state index in [9.17, 15) is 14.4 Å². The number of unbranched alkanes of at least 4 members (excludes halogenated alkanes) is 36. The van der Waals surface area contributed by atoms with E-state index in [2.05, 4.69) is 57.2 Å². The molecule has 1 atom stereocenters. The maximum Gasteiger partial charge on any atom is 0.306 e. The molecule has 0 unspecified atom stereocenters. The molecular formula is C60H110O6. The molecular weight excluding hydrogens is 817 g/mol. The van der Waals surface area contributed by atoms with Crippen molar-refractivity contribution in [2.75, 3.05) is 13.2 Å². The third-order valence-electron chi connectivity index (χ3n) is 12.9. The third-order valence-corrected chi connectivity index (χ3v) is 12.9. The van der Waals surface area contributed by atoms with Crippen LogP contribution in [0.5, 0.6) is 0 Å². The van der Waals surface area contributed by atoms with Crippen molar-refractivity contribution in [1.29, 1.82) is 0 Å². The first kappa shape index (κ1) is 63.6. The van der Waals surface area contributed by atoms with E-state index in [1.807, 2.05) is 0 Å². The van der Waals surface area contributed by atoms with Crippen molar-refractivity contribution in [3.8, 4) is 0 Å². The molecule has 0 N–H and O–H groups in total. The second-order valence-electron chi connectivity index (χ2n) is 19.6. The van der Waals surface area contributed by atoms with E-state index in [0.29, 0.717) is 19.3 Å². The highest BCUT2D eigenvalue weighted by molar-refractivity contribution is 5.71. The second kappa shape index (κ2) is 55.2. The Kier molecular flexibility index (Phi) is 53.2. The van der Waals surface area contributed by atoms with Crippen LogP contribution in [0.1, 0.15) is 310 Å². The van der Waals surface area contributed by atoms with Crippen LogP contribution in [0.3, 0.4) is 0 Å². The van der Waals surface area contributed by atoms with Gasteiger partial charge in [-0.3, -0.25) is 14.4 Å². The summed E-state index contributed by atoms with van der Waals surface area (Å²) < 4.78 is 16.8. The largest absolute Gasteiger partial charge is 0.462 e. The van der Waals surface area contributed by atoms with Crippen molar-refractivity contribution >= 4 is 17.9 Å². The van der Waals surface area contributed by atoms with Crippen LogP contribution >= 0.6 is 0 Å². The van der Waals surface area contributed by atoms with Crippen molar-refractivity contribution < 1.29 is 28.6 Å². The standard InChI is InChI=1S/C60H110O6/c1-4-7-10-13-16-19-22-25-28-29-30-31-33-35-38-41-44-47-50-53-59(62)65-56-57(55-64-58(61)52-49-46-43-40-37-34-27-24-21-18-15-12-9-6-3)66-60(63)54-51-48-45-42-39-36-32-26-23-20-17-14-11-8-5-2/h17,20,26,32,39,42,57H,4-16,18-19,21-25,27-31,33-38,40-41,43-56H2,1-3H3/b20-17-,32-26-,42-39-/t57-/m1/s1. The Bertz CT molecular complexity index is 1110. The number of hydrogen-bond acceptors (Lipinski definition) is 6. The molecule has 6 nitrogen and oxygen atoms in total. The van der Waals surface area contributed by atoms with Gasteiger partial charge in [0.1, 0.15) is 13.2 Å². The fraction of sp³-hybridized carbons (Fsp3) is 0.850. The lowest BCUT2D eigenvalue weighted by Crippen LogP contribution is -2.30. The molecule has 386 valence electrons. The highest BCUT2D eigenvalue weighted by Crippen LogP contribution is 2.17. The predicted molar refractivity (Wildman–Crippen MR) is 284 cm³/mol. The zero-order valence-electron chi connectivity index (χ0n) is 44.2. The van der Waals surface area contributed by atoms with Gasteiger partial charge in [0.25, 0.3) is 0 Å². The fourth-order valence-corrected chi connectivity index (χ4v) is 8.51. The highest BCUT2D eigenvalue weighted by atomic mass is 16.6. The number of hydrogen-bond donors (Lipinski definition) is 0. The molecule has 0 fully saturated rings. The maximum atomic E-state index is 12.8. The van der Waals surface area contributed by atoms with Crippen LogP contribution in [0, 0.1) is 0 Å². The minimum atomic E-state index is -0.787. The molecule has 0 saturated heterocycles. The number of carbonyl (C=O) groups excluding carboxylic acids is 3. The van der Waals surface area contributed by atoms with Crippen LogP contribution < -0.4 is 0 Å². The summed E-state index contributed by atoms with van der Waals surface area (Å²) in [5, 5.41) is 0. The zero-order valence-corrected chi connectivity index (χ0v) is 44.2. The first-order valence-corrected chi connectivity index (χ1v) is 29.0. The lowest BCUT2D eigenvalue weighted by molar-refractivity contribution is -0.167. The fourth-order valence-electron chi connectivity index (χ4n) is 8.51. The molecule has 0 spiro atoms. The summed E-state index contributed by atoms with van der Waals surface area (Å²) >= 11 is 0. The van der Waals surface area contributed by atoms with Crippen LogP contribution in [0.25, 0.3) is 0 Å².